The van der Waals surface area contributed by atoms with Crippen LogP contribution in [0.1, 0.15) is 67.7 Å². The van der Waals surface area contributed by atoms with Crippen LogP contribution in [0.3, 0.4) is 0 Å². The maximum atomic E-state index is 12.4. The Bertz CT molecular complexity index is 497. The fraction of sp³-hybridized carbons (Fsp3) is 0.842. The maximum Gasteiger partial charge on any atom is 0.410 e. The van der Waals surface area contributed by atoms with Crippen LogP contribution < -0.4 is 10.5 Å². The van der Waals surface area contributed by atoms with Gasteiger partial charge in [0.2, 0.25) is 0 Å². The van der Waals surface area contributed by atoms with E-state index in [4.69, 9.17) is 10.5 Å². The van der Waals surface area contributed by atoms with Gasteiger partial charge in [0, 0.05) is 30.1 Å². The number of nitrogens with one attached hydrogen (secondary N) is 1. The predicted octanol–water partition coefficient (Wildman–Crippen LogP) is 3.31. The second kappa shape index (κ2) is 9.33. The molecule has 0 aromatic heterocycles. The van der Waals surface area contributed by atoms with Gasteiger partial charge in [0.05, 0.1) is 6.04 Å². The van der Waals surface area contributed by atoms with Crippen molar-refractivity contribution in [1.29, 1.82) is 0 Å². The van der Waals surface area contributed by atoms with Crippen molar-refractivity contribution in [3.05, 3.63) is 11.8 Å². The molecule has 1 aliphatic heterocycles. The SMILES string of the molecule is C/C=C(\N)C(CC[C@H]1CCN(C(=O)OC(C)(C)C)C1)N[S+]([O-])C(C)(C)C. The van der Waals surface area contributed by atoms with E-state index in [-0.39, 0.29) is 16.9 Å². The van der Waals surface area contributed by atoms with Crippen molar-refractivity contribution in [3.63, 3.8) is 0 Å². The number of hydrogen-bond acceptors (Lipinski definition) is 5. The predicted molar refractivity (Wildman–Crippen MR) is 108 cm³/mol. The molecule has 1 rings (SSSR count). The van der Waals surface area contributed by atoms with Crippen LogP contribution in [0, 0.1) is 5.92 Å². The van der Waals surface area contributed by atoms with E-state index in [0.717, 1.165) is 25.8 Å². The summed E-state index contributed by atoms with van der Waals surface area (Å²) < 4.78 is 20.7. The molecule has 26 heavy (non-hydrogen) atoms. The minimum Gasteiger partial charge on any atom is -0.598 e. The van der Waals surface area contributed by atoms with E-state index in [2.05, 4.69) is 4.72 Å². The summed E-state index contributed by atoms with van der Waals surface area (Å²) in [5.41, 5.74) is 6.36. The summed E-state index contributed by atoms with van der Waals surface area (Å²) in [6, 6.07) is -0.115. The summed E-state index contributed by atoms with van der Waals surface area (Å²) in [4.78, 5) is 14.0. The molecule has 0 aliphatic carbocycles. The van der Waals surface area contributed by atoms with Crippen molar-refractivity contribution < 1.29 is 14.1 Å². The molecule has 1 fully saturated rings. The lowest BCUT2D eigenvalue weighted by molar-refractivity contribution is 0.0287. The molecule has 3 atom stereocenters. The minimum atomic E-state index is -1.17. The van der Waals surface area contributed by atoms with Crippen LogP contribution in [0.2, 0.25) is 0 Å². The molecule has 7 heteroatoms. The number of nitrogens with zero attached hydrogens (tertiary/aromatic N) is 1. The number of ether oxygens (including phenoxy) is 1. The normalized spacial score (nSPS) is 21.6. The van der Waals surface area contributed by atoms with Crippen molar-refractivity contribution in [2.45, 2.75) is 84.1 Å². The van der Waals surface area contributed by atoms with E-state index in [1.54, 1.807) is 4.90 Å². The standard InChI is InChI=1S/C19H37N3O3S/c1-8-15(20)16(21-26(24)19(5,6)7)10-9-14-11-12-22(13-14)17(23)25-18(2,3)4/h8,14,16,21H,9-13,20H2,1-7H3/b15-8-/t14-,16?,26?/m0/s1. The lowest BCUT2D eigenvalue weighted by atomic mass is 9.98. The van der Waals surface area contributed by atoms with Gasteiger partial charge >= 0.3 is 6.09 Å². The van der Waals surface area contributed by atoms with Gasteiger partial charge in [-0.15, -0.1) is 4.72 Å². The van der Waals surface area contributed by atoms with Crippen molar-refractivity contribution in [2.75, 3.05) is 13.1 Å². The van der Waals surface area contributed by atoms with Gasteiger partial charge in [0.15, 0.2) is 0 Å². The summed E-state index contributed by atoms with van der Waals surface area (Å²) in [6.45, 7) is 14.8. The highest BCUT2D eigenvalue weighted by Gasteiger charge is 2.32. The number of allylic oxidation sites excluding steroid dienone is 1. The average molecular weight is 388 g/mol. The highest BCUT2D eigenvalue weighted by atomic mass is 32.2. The van der Waals surface area contributed by atoms with Gasteiger partial charge in [-0.05, 0) is 73.6 Å². The third-order valence-corrected chi connectivity index (χ3v) is 5.95. The number of hydrogen-bond donors (Lipinski definition) is 2. The number of carbonyl (C=O) groups is 1. The number of likely N-dealkylation sites (tertiary alicyclic amines) is 1. The number of carbonyl (C=O) groups excluding carboxylic acids is 1. The lowest BCUT2D eigenvalue weighted by Crippen LogP contribution is -2.46. The van der Waals surface area contributed by atoms with E-state index >= 15 is 0 Å². The van der Waals surface area contributed by atoms with Crippen LogP contribution in [0.15, 0.2) is 11.8 Å². The maximum absolute atomic E-state index is 12.4. The number of amides is 1. The van der Waals surface area contributed by atoms with Gasteiger partial charge in [-0.25, -0.2) is 4.79 Å². The minimum absolute atomic E-state index is 0.115. The molecule has 0 saturated carbocycles. The summed E-state index contributed by atoms with van der Waals surface area (Å²) >= 11 is -1.17. The first kappa shape index (κ1) is 23.1. The average Bonchev–Trinajstić information content (AvgIpc) is 2.96. The molecular weight excluding hydrogens is 350 g/mol. The fourth-order valence-corrected chi connectivity index (χ4v) is 3.63. The zero-order valence-electron chi connectivity index (χ0n) is 17.4. The molecule has 6 nitrogen and oxygen atoms in total. The number of nitrogens with two attached hydrogens (primary N) is 1. The van der Waals surface area contributed by atoms with Crippen LogP contribution in [-0.2, 0) is 16.1 Å². The third kappa shape index (κ3) is 7.76. The molecule has 152 valence electrons. The van der Waals surface area contributed by atoms with E-state index in [9.17, 15) is 9.35 Å². The first-order valence-electron chi connectivity index (χ1n) is 9.41. The van der Waals surface area contributed by atoms with Crippen LogP contribution >= 0.6 is 0 Å². The van der Waals surface area contributed by atoms with Gasteiger partial charge in [-0.2, -0.15) is 0 Å². The molecule has 0 bridgehead atoms. The van der Waals surface area contributed by atoms with Gasteiger partial charge in [-0.1, -0.05) is 6.08 Å². The molecular formula is C19H37N3O3S. The second-order valence-corrected chi connectivity index (χ2v) is 11.0. The van der Waals surface area contributed by atoms with Gasteiger partial charge in [-0.3, -0.25) is 0 Å². The Hall–Kier alpha value is -0.920. The first-order chi connectivity index (χ1) is 11.8. The fourth-order valence-electron chi connectivity index (χ4n) is 2.76. The quantitative estimate of drug-likeness (QED) is 0.682. The molecule has 1 amide bonds. The van der Waals surface area contributed by atoms with Gasteiger partial charge in [0.25, 0.3) is 0 Å². The van der Waals surface area contributed by atoms with E-state index in [1.807, 2.05) is 54.5 Å². The highest BCUT2D eigenvalue weighted by Crippen LogP contribution is 2.25. The summed E-state index contributed by atoms with van der Waals surface area (Å²) in [5.74, 6) is 0.416. The summed E-state index contributed by atoms with van der Waals surface area (Å²) in [7, 11) is 0. The van der Waals surface area contributed by atoms with E-state index < -0.39 is 17.0 Å². The van der Waals surface area contributed by atoms with Crippen molar-refractivity contribution in [3.8, 4) is 0 Å². The topological polar surface area (TPSA) is 90.7 Å². The lowest BCUT2D eigenvalue weighted by Gasteiger charge is -2.28. The molecule has 2 unspecified atom stereocenters. The number of rotatable bonds is 6. The Kier molecular flexibility index (Phi) is 8.30. The third-order valence-electron chi connectivity index (χ3n) is 4.34. The van der Waals surface area contributed by atoms with Crippen LogP contribution in [0.4, 0.5) is 4.79 Å². The molecule has 0 spiro atoms. The molecule has 0 radical (unpaired) electrons. The van der Waals surface area contributed by atoms with Crippen molar-refractivity contribution in [1.82, 2.24) is 9.62 Å². The molecule has 1 aliphatic rings. The van der Waals surface area contributed by atoms with Crippen molar-refractivity contribution >= 4 is 17.5 Å². The Labute approximate surface area is 162 Å². The van der Waals surface area contributed by atoms with Gasteiger partial charge in [0.1, 0.15) is 10.3 Å². The van der Waals surface area contributed by atoms with Crippen LogP contribution in [-0.4, -0.2) is 45.0 Å². The molecule has 0 aromatic rings. The van der Waals surface area contributed by atoms with Gasteiger partial charge < -0.3 is 19.9 Å². The van der Waals surface area contributed by atoms with Crippen LogP contribution in [0.5, 0.6) is 0 Å². The molecule has 1 saturated heterocycles. The first-order valence-corrected chi connectivity index (χ1v) is 10.6. The van der Waals surface area contributed by atoms with Crippen LogP contribution in [0.25, 0.3) is 0 Å². The summed E-state index contributed by atoms with van der Waals surface area (Å²) in [5, 5.41) is 0. The molecule has 1 heterocycles. The zero-order chi connectivity index (χ0) is 20.1. The Morgan fingerprint density at radius 1 is 1.38 bits per heavy atom. The second-order valence-electron chi connectivity index (χ2n) is 9.00. The monoisotopic (exact) mass is 387 g/mol. The van der Waals surface area contributed by atoms with Crippen molar-refractivity contribution in [2.24, 2.45) is 11.7 Å². The largest absolute Gasteiger partial charge is 0.598 e. The van der Waals surface area contributed by atoms with E-state index in [0.29, 0.717) is 18.2 Å². The smallest absolute Gasteiger partial charge is 0.410 e. The zero-order valence-corrected chi connectivity index (χ0v) is 18.2. The van der Waals surface area contributed by atoms with E-state index in [1.165, 1.54) is 0 Å². The summed E-state index contributed by atoms with van der Waals surface area (Å²) in [6.07, 6.45) is 4.30. The Balaban J connectivity index is 2.56. The highest BCUT2D eigenvalue weighted by molar-refractivity contribution is 7.90. The Morgan fingerprint density at radius 2 is 2.00 bits per heavy atom. The molecule has 0 aromatic carbocycles. The Morgan fingerprint density at radius 3 is 2.50 bits per heavy atom. The molecule has 3 N–H and O–H groups in total.